The third-order valence-electron chi connectivity index (χ3n) is 1.73. The number of carboxylic acids is 1. The molecule has 0 saturated heterocycles. The van der Waals surface area contributed by atoms with Gasteiger partial charge in [-0.2, -0.15) is 0 Å². The molecule has 0 spiro atoms. The number of hydrogen-bond acceptors (Lipinski definition) is 2. The Balaban J connectivity index is 0.000000791. The summed E-state index contributed by atoms with van der Waals surface area (Å²) in [6.45, 7) is 5.72. The molecule has 0 aliphatic heterocycles. The number of hydrogen-bond donors (Lipinski definition) is 1. The summed E-state index contributed by atoms with van der Waals surface area (Å²) >= 11 is 0. The number of methoxy groups -OCH3 is 1. The van der Waals surface area contributed by atoms with Gasteiger partial charge in [-0.15, -0.1) is 0 Å². The summed E-state index contributed by atoms with van der Waals surface area (Å²) < 4.78 is 4.97. The molecule has 1 aromatic rings. The second-order valence-electron chi connectivity index (χ2n) is 2.44. The highest BCUT2D eigenvalue weighted by Crippen LogP contribution is 2.20. The fourth-order valence-corrected chi connectivity index (χ4v) is 1.07. The summed E-state index contributed by atoms with van der Waals surface area (Å²) in [7, 11) is 1.52. The van der Waals surface area contributed by atoms with Gasteiger partial charge in [0.25, 0.3) is 0 Å². The smallest absolute Gasteiger partial charge is 0.336 e. The molecule has 14 heavy (non-hydrogen) atoms. The molecule has 0 bridgehead atoms. The first-order valence-electron chi connectivity index (χ1n) is 4.53. The predicted octanol–water partition coefficient (Wildman–Crippen LogP) is 2.73. The van der Waals surface area contributed by atoms with Crippen molar-refractivity contribution in [1.82, 2.24) is 0 Å². The molecule has 0 fully saturated rings. The zero-order chi connectivity index (χ0) is 11.1. The van der Waals surface area contributed by atoms with Crippen molar-refractivity contribution in [2.45, 2.75) is 20.8 Å². The average molecular weight is 196 g/mol. The number of ether oxygens (including phenoxy) is 1. The quantitative estimate of drug-likeness (QED) is 0.791. The maximum absolute atomic E-state index is 10.6. The molecule has 1 rings (SSSR count). The summed E-state index contributed by atoms with van der Waals surface area (Å²) in [6, 6.07) is 4.96. The number of carbonyl (C=O) groups is 1. The number of benzene rings is 1. The number of rotatable bonds is 2. The fourth-order valence-electron chi connectivity index (χ4n) is 1.07. The van der Waals surface area contributed by atoms with Crippen LogP contribution >= 0.6 is 0 Å². The number of aromatic carboxylic acids is 1. The molecular weight excluding hydrogens is 180 g/mol. The first-order valence-corrected chi connectivity index (χ1v) is 4.53. The average Bonchev–Trinajstić information content (AvgIpc) is 2.21. The van der Waals surface area contributed by atoms with Crippen molar-refractivity contribution >= 4 is 5.97 Å². The van der Waals surface area contributed by atoms with E-state index in [0.717, 1.165) is 0 Å². The Hall–Kier alpha value is -1.51. The minimum absolute atomic E-state index is 0.286. The summed E-state index contributed by atoms with van der Waals surface area (Å²) in [4.78, 5) is 10.6. The summed E-state index contributed by atoms with van der Waals surface area (Å²) in [5.74, 6) is -0.318. The molecule has 0 amide bonds. The lowest BCUT2D eigenvalue weighted by atomic mass is 10.1. The Morgan fingerprint density at radius 1 is 1.36 bits per heavy atom. The van der Waals surface area contributed by atoms with Crippen LogP contribution in [0, 0.1) is 6.92 Å². The maximum Gasteiger partial charge on any atom is 0.336 e. The van der Waals surface area contributed by atoms with Crippen LogP contribution in [0.15, 0.2) is 18.2 Å². The summed E-state index contributed by atoms with van der Waals surface area (Å²) in [5, 5.41) is 8.73. The molecular formula is C11H16O3. The molecule has 0 aliphatic rings. The van der Waals surface area contributed by atoms with Crippen molar-refractivity contribution in [1.29, 1.82) is 0 Å². The van der Waals surface area contributed by atoms with Gasteiger partial charge >= 0.3 is 5.97 Å². The Morgan fingerprint density at radius 2 is 1.93 bits per heavy atom. The first kappa shape index (κ1) is 12.5. The second-order valence-corrected chi connectivity index (χ2v) is 2.44. The van der Waals surface area contributed by atoms with E-state index < -0.39 is 5.97 Å². The third kappa shape index (κ3) is 2.76. The molecule has 1 aromatic carbocycles. The standard InChI is InChI=1S/C9H10O3.C2H6/c1-6-7(9(10)11)4-3-5-8(6)12-2;1-2/h3-5H,1-2H3,(H,10,11);1-2H3. The second kappa shape index (κ2) is 6.02. The summed E-state index contributed by atoms with van der Waals surface area (Å²) in [6.07, 6.45) is 0. The van der Waals surface area contributed by atoms with Gasteiger partial charge in [0.05, 0.1) is 12.7 Å². The first-order chi connectivity index (χ1) is 6.66. The highest BCUT2D eigenvalue weighted by molar-refractivity contribution is 5.90. The van der Waals surface area contributed by atoms with Crippen LogP contribution < -0.4 is 4.74 Å². The molecule has 1 N–H and O–H groups in total. The molecule has 3 heteroatoms. The largest absolute Gasteiger partial charge is 0.496 e. The van der Waals surface area contributed by atoms with E-state index in [-0.39, 0.29) is 5.56 Å². The van der Waals surface area contributed by atoms with E-state index in [1.54, 1.807) is 25.1 Å². The van der Waals surface area contributed by atoms with E-state index in [1.165, 1.54) is 7.11 Å². The topological polar surface area (TPSA) is 46.5 Å². The molecule has 0 radical (unpaired) electrons. The molecule has 0 aromatic heterocycles. The Labute approximate surface area is 84.3 Å². The maximum atomic E-state index is 10.6. The highest BCUT2D eigenvalue weighted by atomic mass is 16.5. The van der Waals surface area contributed by atoms with Crippen LogP contribution in [0.1, 0.15) is 29.8 Å². The van der Waals surface area contributed by atoms with E-state index in [9.17, 15) is 4.79 Å². The van der Waals surface area contributed by atoms with Crippen molar-refractivity contribution in [2.24, 2.45) is 0 Å². The van der Waals surface area contributed by atoms with Crippen molar-refractivity contribution in [3.63, 3.8) is 0 Å². The highest BCUT2D eigenvalue weighted by Gasteiger charge is 2.09. The monoisotopic (exact) mass is 196 g/mol. The molecule has 0 saturated carbocycles. The van der Waals surface area contributed by atoms with E-state index in [2.05, 4.69) is 0 Å². The van der Waals surface area contributed by atoms with Crippen molar-refractivity contribution < 1.29 is 14.6 Å². The molecule has 0 heterocycles. The van der Waals surface area contributed by atoms with E-state index in [1.807, 2.05) is 13.8 Å². The summed E-state index contributed by atoms with van der Waals surface area (Å²) in [5.41, 5.74) is 0.946. The van der Waals surface area contributed by atoms with Gasteiger partial charge in [-0.05, 0) is 19.1 Å². The van der Waals surface area contributed by atoms with Crippen molar-refractivity contribution in [3.8, 4) is 5.75 Å². The van der Waals surface area contributed by atoms with E-state index >= 15 is 0 Å². The zero-order valence-electron chi connectivity index (χ0n) is 9.00. The van der Waals surface area contributed by atoms with Crippen LogP contribution in [0.5, 0.6) is 5.75 Å². The van der Waals surface area contributed by atoms with Crippen molar-refractivity contribution in [3.05, 3.63) is 29.3 Å². The van der Waals surface area contributed by atoms with E-state index in [0.29, 0.717) is 11.3 Å². The van der Waals surface area contributed by atoms with Gasteiger partial charge in [0.1, 0.15) is 5.75 Å². The van der Waals surface area contributed by atoms with Gasteiger partial charge in [-0.25, -0.2) is 4.79 Å². The SMILES string of the molecule is CC.COc1cccc(C(=O)O)c1C. The lowest BCUT2D eigenvalue weighted by Gasteiger charge is -2.05. The molecule has 0 unspecified atom stereocenters. The van der Waals surface area contributed by atoms with Gasteiger partial charge in [0, 0.05) is 5.56 Å². The fraction of sp³-hybridized carbons (Fsp3) is 0.364. The minimum atomic E-state index is -0.925. The van der Waals surface area contributed by atoms with Gasteiger partial charge in [0.15, 0.2) is 0 Å². The predicted molar refractivity (Wildman–Crippen MR) is 56.0 cm³/mol. The van der Waals surface area contributed by atoms with Gasteiger partial charge < -0.3 is 9.84 Å². The Morgan fingerprint density at radius 3 is 2.36 bits per heavy atom. The van der Waals surface area contributed by atoms with E-state index in [4.69, 9.17) is 9.84 Å². The third-order valence-corrected chi connectivity index (χ3v) is 1.73. The minimum Gasteiger partial charge on any atom is -0.496 e. The normalized spacial score (nSPS) is 8.57. The van der Waals surface area contributed by atoms with Gasteiger partial charge in [0.2, 0.25) is 0 Å². The molecule has 0 atom stereocenters. The van der Waals surface area contributed by atoms with Gasteiger partial charge in [-0.1, -0.05) is 19.9 Å². The molecule has 0 aliphatic carbocycles. The zero-order valence-corrected chi connectivity index (χ0v) is 9.00. The lowest BCUT2D eigenvalue weighted by molar-refractivity contribution is 0.0695. The van der Waals surface area contributed by atoms with Crippen LogP contribution in [0.3, 0.4) is 0 Å². The van der Waals surface area contributed by atoms with Gasteiger partial charge in [-0.3, -0.25) is 0 Å². The molecule has 3 nitrogen and oxygen atoms in total. The van der Waals surface area contributed by atoms with Crippen LogP contribution in [0.4, 0.5) is 0 Å². The van der Waals surface area contributed by atoms with Crippen LogP contribution in [-0.2, 0) is 0 Å². The Bertz CT molecular complexity index is 305. The lowest BCUT2D eigenvalue weighted by Crippen LogP contribution is -2.00. The van der Waals surface area contributed by atoms with Crippen molar-refractivity contribution in [2.75, 3.05) is 7.11 Å². The molecule has 78 valence electrons. The Kier molecular flexibility index (Phi) is 5.37. The van der Waals surface area contributed by atoms with Crippen LogP contribution in [0.2, 0.25) is 0 Å². The van der Waals surface area contributed by atoms with Crippen LogP contribution in [0.25, 0.3) is 0 Å². The van der Waals surface area contributed by atoms with Crippen LogP contribution in [-0.4, -0.2) is 18.2 Å². The number of carboxylic acid groups (broad SMARTS) is 1.